The predicted molar refractivity (Wildman–Crippen MR) is 103 cm³/mol. The van der Waals surface area contributed by atoms with Crippen LogP contribution < -0.4 is 20.7 Å². The molecule has 8 nitrogen and oxygen atoms in total. The van der Waals surface area contributed by atoms with E-state index in [1.54, 1.807) is 18.2 Å². The van der Waals surface area contributed by atoms with Gasteiger partial charge in [0.25, 0.3) is 5.56 Å². The summed E-state index contributed by atoms with van der Waals surface area (Å²) in [5, 5.41) is 12.3. The SMILES string of the molecule is COc1ccc(OC)c(N=Cc2c(O)n(Cc3cccs3)c(=O)[nH]c2=O)c1. The van der Waals surface area contributed by atoms with Crippen LogP contribution in [0.25, 0.3) is 0 Å². The van der Waals surface area contributed by atoms with Gasteiger partial charge in [-0.25, -0.2) is 4.79 Å². The highest BCUT2D eigenvalue weighted by atomic mass is 32.1. The highest BCUT2D eigenvalue weighted by Crippen LogP contribution is 2.31. The van der Waals surface area contributed by atoms with Gasteiger partial charge in [-0.3, -0.25) is 19.3 Å². The third-order valence-corrected chi connectivity index (χ3v) is 4.68. The van der Waals surface area contributed by atoms with Gasteiger partial charge in [0, 0.05) is 17.2 Å². The predicted octanol–water partition coefficient (Wildman–Crippen LogP) is 2.12. The maximum absolute atomic E-state index is 12.1. The number of aromatic nitrogens is 2. The van der Waals surface area contributed by atoms with E-state index < -0.39 is 17.1 Å². The zero-order valence-electron chi connectivity index (χ0n) is 14.6. The maximum atomic E-state index is 12.1. The first-order valence-electron chi connectivity index (χ1n) is 7.88. The molecule has 0 aliphatic heterocycles. The molecule has 1 aromatic carbocycles. The van der Waals surface area contributed by atoms with E-state index in [0.29, 0.717) is 17.2 Å². The number of rotatable bonds is 6. The van der Waals surface area contributed by atoms with Crippen molar-refractivity contribution in [2.45, 2.75) is 6.54 Å². The Bertz CT molecular complexity index is 1080. The molecule has 0 unspecified atom stereocenters. The lowest BCUT2D eigenvalue weighted by atomic mass is 10.2. The summed E-state index contributed by atoms with van der Waals surface area (Å²) >= 11 is 1.44. The van der Waals surface area contributed by atoms with Crippen LogP contribution >= 0.6 is 11.3 Å². The number of aromatic hydroxyl groups is 1. The molecule has 0 radical (unpaired) electrons. The van der Waals surface area contributed by atoms with Gasteiger partial charge in [0.1, 0.15) is 22.7 Å². The lowest BCUT2D eigenvalue weighted by molar-refractivity contribution is 0.404. The number of hydrogen-bond donors (Lipinski definition) is 2. The molecule has 140 valence electrons. The molecule has 0 aliphatic carbocycles. The monoisotopic (exact) mass is 387 g/mol. The van der Waals surface area contributed by atoms with Crippen LogP contribution in [-0.2, 0) is 6.54 Å². The largest absolute Gasteiger partial charge is 0.497 e. The summed E-state index contributed by atoms with van der Waals surface area (Å²) in [7, 11) is 3.01. The second-order valence-electron chi connectivity index (χ2n) is 5.46. The van der Waals surface area contributed by atoms with Crippen molar-refractivity contribution in [2.24, 2.45) is 4.99 Å². The van der Waals surface area contributed by atoms with E-state index in [1.165, 1.54) is 31.8 Å². The molecule has 3 rings (SSSR count). The van der Waals surface area contributed by atoms with Crippen molar-refractivity contribution in [3.8, 4) is 17.4 Å². The molecule has 0 saturated heterocycles. The zero-order chi connectivity index (χ0) is 19.4. The van der Waals surface area contributed by atoms with E-state index in [9.17, 15) is 14.7 Å². The summed E-state index contributed by atoms with van der Waals surface area (Å²) in [4.78, 5) is 31.5. The van der Waals surface area contributed by atoms with Crippen molar-refractivity contribution in [2.75, 3.05) is 14.2 Å². The molecule has 2 N–H and O–H groups in total. The van der Waals surface area contributed by atoms with Gasteiger partial charge < -0.3 is 14.6 Å². The summed E-state index contributed by atoms with van der Waals surface area (Å²) in [6.45, 7) is 0.141. The summed E-state index contributed by atoms with van der Waals surface area (Å²) in [5.41, 5.74) is -1.14. The molecule has 0 aliphatic rings. The molecule has 2 aromatic heterocycles. The van der Waals surface area contributed by atoms with Crippen LogP contribution in [0.4, 0.5) is 5.69 Å². The Balaban J connectivity index is 2.03. The molecule has 9 heteroatoms. The fourth-order valence-corrected chi connectivity index (χ4v) is 3.12. The smallest absolute Gasteiger partial charge is 0.331 e. The van der Waals surface area contributed by atoms with Crippen LogP contribution in [0.2, 0.25) is 0 Å². The van der Waals surface area contributed by atoms with Crippen molar-refractivity contribution >= 4 is 23.2 Å². The number of methoxy groups -OCH3 is 2. The van der Waals surface area contributed by atoms with Gasteiger partial charge in [-0.05, 0) is 23.6 Å². The summed E-state index contributed by atoms with van der Waals surface area (Å²) < 4.78 is 11.5. The first-order chi connectivity index (χ1) is 13.0. The van der Waals surface area contributed by atoms with Gasteiger partial charge in [0.15, 0.2) is 0 Å². The fraction of sp³-hybridized carbons (Fsp3) is 0.167. The standard InChI is InChI=1S/C18H17N3O5S/c1-25-11-5-6-15(26-2)14(8-11)19-9-13-16(22)20-18(24)21(17(13)23)10-12-4-3-7-27-12/h3-9,23H,10H2,1-2H3,(H,20,22,24). The van der Waals surface area contributed by atoms with Gasteiger partial charge in [-0.1, -0.05) is 6.07 Å². The van der Waals surface area contributed by atoms with Crippen molar-refractivity contribution in [3.63, 3.8) is 0 Å². The van der Waals surface area contributed by atoms with Crippen LogP contribution in [0, 0.1) is 0 Å². The number of hydrogen-bond acceptors (Lipinski definition) is 7. The third kappa shape index (κ3) is 3.93. The van der Waals surface area contributed by atoms with Crippen molar-refractivity contribution in [1.82, 2.24) is 9.55 Å². The molecule has 0 bridgehead atoms. The summed E-state index contributed by atoms with van der Waals surface area (Å²) in [6.07, 6.45) is 1.19. The topological polar surface area (TPSA) is 106 Å². The minimum atomic E-state index is -0.731. The highest BCUT2D eigenvalue weighted by molar-refractivity contribution is 7.09. The Morgan fingerprint density at radius 3 is 2.74 bits per heavy atom. The maximum Gasteiger partial charge on any atom is 0.331 e. The first-order valence-corrected chi connectivity index (χ1v) is 8.76. The van der Waals surface area contributed by atoms with E-state index in [-0.39, 0.29) is 12.1 Å². The van der Waals surface area contributed by atoms with Crippen LogP contribution in [0.5, 0.6) is 17.4 Å². The lowest BCUT2D eigenvalue weighted by Gasteiger charge is -2.09. The Morgan fingerprint density at radius 2 is 2.07 bits per heavy atom. The summed E-state index contributed by atoms with van der Waals surface area (Å²) in [6, 6.07) is 8.68. The van der Waals surface area contributed by atoms with Crippen LogP contribution in [-0.4, -0.2) is 35.1 Å². The van der Waals surface area contributed by atoms with E-state index in [4.69, 9.17) is 9.47 Å². The molecule has 0 atom stereocenters. The van der Waals surface area contributed by atoms with Crippen LogP contribution in [0.3, 0.4) is 0 Å². The van der Waals surface area contributed by atoms with Gasteiger partial charge in [0.2, 0.25) is 5.88 Å². The van der Waals surface area contributed by atoms with Crippen molar-refractivity contribution in [3.05, 3.63) is 67.0 Å². The number of thiophene rings is 1. The number of aliphatic imine (C=N–C) groups is 1. The number of ether oxygens (including phenoxy) is 2. The number of H-pyrrole nitrogens is 1. The Hall–Kier alpha value is -3.33. The zero-order valence-corrected chi connectivity index (χ0v) is 15.4. The molecule has 0 amide bonds. The Labute approximate surface area is 158 Å². The second-order valence-corrected chi connectivity index (χ2v) is 6.49. The van der Waals surface area contributed by atoms with Crippen molar-refractivity contribution in [1.29, 1.82) is 0 Å². The molecule has 0 saturated carbocycles. The number of aromatic amines is 1. The molecule has 27 heavy (non-hydrogen) atoms. The lowest BCUT2D eigenvalue weighted by Crippen LogP contribution is -2.32. The third-order valence-electron chi connectivity index (χ3n) is 3.82. The first kappa shape index (κ1) is 18.5. The molecule has 0 spiro atoms. The Morgan fingerprint density at radius 1 is 1.26 bits per heavy atom. The van der Waals surface area contributed by atoms with E-state index in [0.717, 1.165) is 9.44 Å². The van der Waals surface area contributed by atoms with Crippen LogP contribution in [0.15, 0.2) is 50.3 Å². The number of benzene rings is 1. The molecular formula is C18H17N3O5S. The normalized spacial score (nSPS) is 11.0. The molecule has 2 heterocycles. The number of nitrogens with one attached hydrogen (secondary N) is 1. The van der Waals surface area contributed by atoms with Crippen LogP contribution in [0.1, 0.15) is 10.4 Å². The quantitative estimate of drug-likeness (QED) is 0.630. The average molecular weight is 387 g/mol. The van der Waals surface area contributed by atoms with Gasteiger partial charge in [-0.15, -0.1) is 11.3 Å². The van der Waals surface area contributed by atoms with Gasteiger partial charge in [0.05, 0.1) is 20.8 Å². The van der Waals surface area contributed by atoms with Gasteiger partial charge >= 0.3 is 5.69 Å². The fourth-order valence-electron chi connectivity index (χ4n) is 2.43. The van der Waals surface area contributed by atoms with E-state index in [2.05, 4.69) is 9.98 Å². The Kier molecular flexibility index (Phi) is 5.41. The highest BCUT2D eigenvalue weighted by Gasteiger charge is 2.14. The minimum absolute atomic E-state index is 0.129. The molecule has 0 fully saturated rings. The number of nitrogens with zero attached hydrogens (tertiary/aromatic N) is 2. The second kappa shape index (κ2) is 7.92. The van der Waals surface area contributed by atoms with Crippen molar-refractivity contribution < 1.29 is 14.6 Å². The summed E-state index contributed by atoms with van der Waals surface area (Å²) in [5.74, 6) is 0.571. The van der Waals surface area contributed by atoms with E-state index >= 15 is 0 Å². The van der Waals surface area contributed by atoms with Gasteiger partial charge in [-0.2, -0.15) is 0 Å². The average Bonchev–Trinajstić information content (AvgIpc) is 3.18. The minimum Gasteiger partial charge on any atom is -0.497 e. The molecule has 3 aromatic rings. The van der Waals surface area contributed by atoms with E-state index in [1.807, 2.05) is 17.5 Å². The molecular weight excluding hydrogens is 370 g/mol.